The highest BCUT2D eigenvalue weighted by molar-refractivity contribution is 7.99. The largest absolute Gasteiger partial charge is 0.396 e. The van der Waals surface area contributed by atoms with Crippen molar-refractivity contribution in [1.82, 2.24) is 15.3 Å². The first-order valence-corrected chi connectivity index (χ1v) is 6.23. The maximum absolute atomic E-state index is 8.57. The number of nitrogens with zero attached hydrogens (tertiary/aromatic N) is 2. The first kappa shape index (κ1) is 12.4. The third kappa shape index (κ3) is 6.43. The minimum atomic E-state index is 0.292. The summed E-state index contributed by atoms with van der Waals surface area (Å²) in [6.45, 7) is 2.03. The Morgan fingerprint density at radius 2 is 2.27 bits per heavy atom. The summed E-state index contributed by atoms with van der Waals surface area (Å²) < 4.78 is 0. The quantitative estimate of drug-likeness (QED) is 0.640. The summed E-state index contributed by atoms with van der Waals surface area (Å²) >= 11 is 1.85. The van der Waals surface area contributed by atoms with E-state index >= 15 is 0 Å². The Balaban J connectivity index is 1.93. The lowest BCUT2D eigenvalue weighted by Crippen LogP contribution is -2.17. The second-order valence-electron chi connectivity index (χ2n) is 3.06. The van der Waals surface area contributed by atoms with Crippen LogP contribution in [0.15, 0.2) is 18.6 Å². The van der Waals surface area contributed by atoms with Crippen molar-refractivity contribution >= 4 is 11.8 Å². The molecule has 0 radical (unpaired) electrons. The standard InChI is InChI=1S/C10H17N3OS/c14-5-1-6-15-7-4-12-9-10-8-11-2-3-13-10/h2-3,8,12,14H,1,4-7,9H2. The van der Waals surface area contributed by atoms with E-state index in [1.54, 1.807) is 18.6 Å². The first-order chi connectivity index (χ1) is 7.43. The fraction of sp³-hybridized carbons (Fsp3) is 0.600. The average molecular weight is 227 g/mol. The lowest BCUT2D eigenvalue weighted by molar-refractivity contribution is 0.296. The number of aliphatic hydroxyl groups excluding tert-OH is 1. The molecule has 0 atom stereocenters. The molecule has 4 nitrogen and oxygen atoms in total. The minimum absolute atomic E-state index is 0.292. The molecule has 1 aromatic rings. The molecule has 0 fully saturated rings. The topological polar surface area (TPSA) is 58.0 Å². The Hall–Kier alpha value is -0.650. The van der Waals surface area contributed by atoms with Crippen molar-refractivity contribution in [3.8, 4) is 0 Å². The Morgan fingerprint density at radius 1 is 1.33 bits per heavy atom. The van der Waals surface area contributed by atoms with E-state index in [2.05, 4.69) is 15.3 Å². The van der Waals surface area contributed by atoms with Gasteiger partial charge in [0.05, 0.1) is 5.69 Å². The van der Waals surface area contributed by atoms with Crippen LogP contribution in [-0.2, 0) is 6.54 Å². The molecule has 5 heteroatoms. The molecule has 0 bridgehead atoms. The summed E-state index contributed by atoms with van der Waals surface area (Å²) in [5.74, 6) is 2.10. The smallest absolute Gasteiger partial charge is 0.0724 e. The Bertz CT molecular complexity index is 246. The summed E-state index contributed by atoms with van der Waals surface area (Å²) in [5.41, 5.74) is 0.970. The van der Waals surface area contributed by atoms with Gasteiger partial charge in [-0.3, -0.25) is 9.97 Å². The number of hydrogen-bond donors (Lipinski definition) is 2. The van der Waals surface area contributed by atoms with Gasteiger partial charge in [0, 0.05) is 44.0 Å². The van der Waals surface area contributed by atoms with Crippen molar-refractivity contribution in [2.45, 2.75) is 13.0 Å². The van der Waals surface area contributed by atoms with E-state index in [1.807, 2.05) is 11.8 Å². The maximum atomic E-state index is 8.57. The molecule has 84 valence electrons. The summed E-state index contributed by atoms with van der Waals surface area (Å²) in [5, 5.41) is 11.9. The highest BCUT2D eigenvalue weighted by Crippen LogP contribution is 2.00. The van der Waals surface area contributed by atoms with Gasteiger partial charge in [-0.15, -0.1) is 0 Å². The van der Waals surface area contributed by atoms with E-state index in [1.165, 1.54) is 0 Å². The number of hydrogen-bond acceptors (Lipinski definition) is 5. The van der Waals surface area contributed by atoms with Gasteiger partial charge in [0.25, 0.3) is 0 Å². The predicted octanol–water partition coefficient (Wildman–Crippen LogP) is 0.682. The van der Waals surface area contributed by atoms with Crippen molar-refractivity contribution in [3.05, 3.63) is 24.3 Å². The molecule has 0 unspecified atom stereocenters. The number of thioether (sulfide) groups is 1. The van der Waals surface area contributed by atoms with Crippen molar-refractivity contribution in [1.29, 1.82) is 0 Å². The van der Waals surface area contributed by atoms with Gasteiger partial charge >= 0.3 is 0 Å². The van der Waals surface area contributed by atoms with E-state index in [-0.39, 0.29) is 0 Å². The van der Waals surface area contributed by atoms with Crippen molar-refractivity contribution < 1.29 is 5.11 Å². The SMILES string of the molecule is OCCCSCCNCc1cnccn1. The molecule has 1 heterocycles. The van der Waals surface area contributed by atoms with E-state index in [0.717, 1.165) is 36.7 Å². The average Bonchev–Trinajstić information content (AvgIpc) is 2.29. The number of aromatic nitrogens is 2. The van der Waals surface area contributed by atoms with Crippen molar-refractivity contribution in [2.24, 2.45) is 0 Å². The third-order valence-corrected chi connectivity index (χ3v) is 2.86. The van der Waals surface area contributed by atoms with Crippen LogP contribution in [0.5, 0.6) is 0 Å². The molecule has 0 amide bonds. The molecule has 15 heavy (non-hydrogen) atoms. The lowest BCUT2D eigenvalue weighted by atomic mass is 10.4. The van der Waals surface area contributed by atoms with E-state index < -0.39 is 0 Å². The molecule has 0 aromatic carbocycles. The zero-order valence-corrected chi connectivity index (χ0v) is 9.54. The second kappa shape index (κ2) is 8.64. The Morgan fingerprint density at radius 3 is 3.00 bits per heavy atom. The van der Waals surface area contributed by atoms with Gasteiger partial charge in [-0.2, -0.15) is 11.8 Å². The second-order valence-corrected chi connectivity index (χ2v) is 4.29. The van der Waals surface area contributed by atoms with Crippen LogP contribution in [0.2, 0.25) is 0 Å². The number of nitrogens with one attached hydrogen (secondary N) is 1. The first-order valence-electron chi connectivity index (χ1n) is 5.07. The van der Waals surface area contributed by atoms with Gasteiger partial charge in [0.1, 0.15) is 0 Å². The summed E-state index contributed by atoms with van der Waals surface area (Å²) in [4.78, 5) is 8.15. The molecular formula is C10H17N3OS. The number of rotatable bonds is 8. The highest BCUT2D eigenvalue weighted by Gasteiger charge is 1.93. The number of aliphatic hydroxyl groups is 1. The normalized spacial score (nSPS) is 10.5. The zero-order chi connectivity index (χ0) is 10.8. The molecule has 0 saturated carbocycles. The maximum Gasteiger partial charge on any atom is 0.0724 e. The van der Waals surface area contributed by atoms with Crippen LogP contribution in [0.1, 0.15) is 12.1 Å². The molecule has 0 spiro atoms. The van der Waals surface area contributed by atoms with Gasteiger partial charge < -0.3 is 10.4 Å². The van der Waals surface area contributed by atoms with E-state index in [4.69, 9.17) is 5.11 Å². The molecule has 0 saturated heterocycles. The molecule has 1 aromatic heterocycles. The van der Waals surface area contributed by atoms with Crippen LogP contribution in [-0.4, -0.2) is 39.7 Å². The van der Waals surface area contributed by atoms with Gasteiger partial charge in [-0.05, 0) is 12.2 Å². The third-order valence-electron chi connectivity index (χ3n) is 1.79. The fourth-order valence-electron chi connectivity index (χ4n) is 1.05. The fourth-order valence-corrected chi connectivity index (χ4v) is 1.88. The van der Waals surface area contributed by atoms with Crippen LogP contribution >= 0.6 is 11.8 Å². The van der Waals surface area contributed by atoms with Gasteiger partial charge in [0.2, 0.25) is 0 Å². The van der Waals surface area contributed by atoms with Crippen molar-refractivity contribution in [2.75, 3.05) is 24.7 Å². The molecular weight excluding hydrogens is 210 g/mol. The van der Waals surface area contributed by atoms with Crippen LogP contribution < -0.4 is 5.32 Å². The zero-order valence-electron chi connectivity index (χ0n) is 8.72. The summed E-state index contributed by atoms with van der Waals surface area (Å²) in [6, 6.07) is 0. The van der Waals surface area contributed by atoms with E-state index in [0.29, 0.717) is 6.61 Å². The van der Waals surface area contributed by atoms with Gasteiger partial charge in [-0.1, -0.05) is 0 Å². The predicted molar refractivity (Wildman–Crippen MR) is 62.8 cm³/mol. The van der Waals surface area contributed by atoms with Crippen LogP contribution in [0.4, 0.5) is 0 Å². The molecule has 0 aliphatic rings. The molecule has 0 aliphatic heterocycles. The molecule has 1 rings (SSSR count). The van der Waals surface area contributed by atoms with Crippen LogP contribution in [0, 0.1) is 0 Å². The molecule has 0 aliphatic carbocycles. The molecule has 2 N–H and O–H groups in total. The Kier molecular flexibility index (Phi) is 7.16. The van der Waals surface area contributed by atoms with Gasteiger partial charge in [-0.25, -0.2) is 0 Å². The minimum Gasteiger partial charge on any atom is -0.396 e. The van der Waals surface area contributed by atoms with E-state index in [9.17, 15) is 0 Å². The van der Waals surface area contributed by atoms with Gasteiger partial charge in [0.15, 0.2) is 0 Å². The van der Waals surface area contributed by atoms with Crippen molar-refractivity contribution in [3.63, 3.8) is 0 Å². The van der Waals surface area contributed by atoms with Crippen LogP contribution in [0.25, 0.3) is 0 Å². The van der Waals surface area contributed by atoms with Crippen LogP contribution in [0.3, 0.4) is 0 Å². The lowest BCUT2D eigenvalue weighted by Gasteiger charge is -2.03. The highest BCUT2D eigenvalue weighted by atomic mass is 32.2. The Labute approximate surface area is 94.5 Å². The summed E-state index contributed by atoms with van der Waals surface area (Å²) in [7, 11) is 0. The monoisotopic (exact) mass is 227 g/mol. The summed E-state index contributed by atoms with van der Waals surface area (Å²) in [6.07, 6.45) is 6.03.